The van der Waals surface area contributed by atoms with Crippen molar-refractivity contribution < 1.29 is 13.2 Å². The van der Waals surface area contributed by atoms with Gasteiger partial charge in [0.25, 0.3) is 0 Å². The molecule has 0 saturated carbocycles. The molecule has 0 bridgehead atoms. The first-order chi connectivity index (χ1) is 10.9. The summed E-state index contributed by atoms with van der Waals surface area (Å²) in [6.07, 6.45) is 3.06. The lowest BCUT2D eigenvalue weighted by Gasteiger charge is -2.13. The molecule has 0 heterocycles. The zero-order chi connectivity index (χ0) is 16.9. The Labute approximate surface area is 150 Å². The van der Waals surface area contributed by atoms with Gasteiger partial charge in [0.05, 0.1) is 10.6 Å². The number of hydrogen-bond donors (Lipinski definition) is 2. The molecule has 0 spiro atoms. The number of halogens is 1. The molecule has 0 fully saturated rings. The fourth-order valence-electron chi connectivity index (χ4n) is 2.86. The van der Waals surface area contributed by atoms with Gasteiger partial charge in [-0.25, -0.2) is 8.42 Å². The highest BCUT2D eigenvalue weighted by Crippen LogP contribution is 2.25. The lowest BCUT2D eigenvalue weighted by Crippen LogP contribution is -2.39. The summed E-state index contributed by atoms with van der Waals surface area (Å²) in [6.45, 7) is 5.32. The normalized spacial score (nSPS) is 14.6. The van der Waals surface area contributed by atoms with E-state index in [0.29, 0.717) is 11.4 Å². The molecule has 2 rings (SSSR count). The number of fused-ring (bicyclic) bond motifs is 1. The summed E-state index contributed by atoms with van der Waals surface area (Å²) in [4.78, 5) is 12.2. The molecule has 1 amide bonds. The Morgan fingerprint density at radius 1 is 1.25 bits per heavy atom. The number of hydrogen-bond acceptors (Lipinski definition) is 4. The number of aryl methyl sites for hydroxylation is 2. The summed E-state index contributed by atoms with van der Waals surface area (Å²) in [5.74, 6) is -0.368. The minimum atomic E-state index is -3.40. The molecule has 0 unspecified atom stereocenters. The van der Waals surface area contributed by atoms with Crippen molar-refractivity contribution in [1.29, 1.82) is 0 Å². The van der Waals surface area contributed by atoms with E-state index in [9.17, 15) is 13.2 Å². The first-order valence-electron chi connectivity index (χ1n) is 8.27. The molecule has 0 radical (unpaired) electrons. The maximum absolute atomic E-state index is 12.4. The average Bonchev–Trinajstić information content (AvgIpc) is 2.99. The second-order valence-corrected chi connectivity index (χ2v) is 8.22. The average molecular weight is 375 g/mol. The van der Waals surface area contributed by atoms with E-state index in [4.69, 9.17) is 0 Å². The molecule has 7 heteroatoms. The molecule has 5 nitrogen and oxygen atoms in total. The summed E-state index contributed by atoms with van der Waals surface area (Å²) < 4.78 is 24.8. The van der Waals surface area contributed by atoms with Crippen LogP contribution in [0.15, 0.2) is 23.1 Å². The number of carbonyl (C=O) groups excluding carboxylic acids is 1. The molecular weight excluding hydrogens is 348 g/mol. The highest BCUT2D eigenvalue weighted by Gasteiger charge is 2.19. The summed E-state index contributed by atoms with van der Waals surface area (Å²) >= 11 is 0. The summed E-state index contributed by atoms with van der Waals surface area (Å²) in [5, 5.41) is 5.96. The van der Waals surface area contributed by atoms with Crippen LogP contribution in [-0.2, 0) is 27.5 Å². The minimum Gasteiger partial charge on any atom is -0.355 e. The molecule has 0 aromatic heterocycles. The van der Waals surface area contributed by atoms with Crippen LogP contribution in [0.1, 0.15) is 37.8 Å². The maximum Gasteiger partial charge on any atom is 0.221 e. The highest BCUT2D eigenvalue weighted by molar-refractivity contribution is 7.91. The Hall–Kier alpha value is -1.11. The third kappa shape index (κ3) is 5.76. The fourth-order valence-corrected chi connectivity index (χ4v) is 4.15. The van der Waals surface area contributed by atoms with Gasteiger partial charge in [0, 0.05) is 19.0 Å². The van der Waals surface area contributed by atoms with E-state index < -0.39 is 9.84 Å². The van der Waals surface area contributed by atoms with Crippen LogP contribution in [-0.4, -0.2) is 39.2 Å². The van der Waals surface area contributed by atoms with Crippen LogP contribution >= 0.6 is 12.4 Å². The first kappa shape index (κ1) is 20.9. The largest absolute Gasteiger partial charge is 0.355 e. The summed E-state index contributed by atoms with van der Waals surface area (Å²) in [6, 6.07) is 5.54. The van der Waals surface area contributed by atoms with Crippen molar-refractivity contribution in [2.75, 3.05) is 18.8 Å². The molecule has 1 aliphatic rings. The summed E-state index contributed by atoms with van der Waals surface area (Å²) in [7, 11) is -3.40. The number of carbonyl (C=O) groups is 1. The number of sulfone groups is 1. The van der Waals surface area contributed by atoms with Crippen LogP contribution < -0.4 is 10.6 Å². The molecule has 1 aromatic carbocycles. The Balaban J connectivity index is 0.00000288. The molecule has 0 saturated heterocycles. The zero-order valence-electron chi connectivity index (χ0n) is 14.3. The van der Waals surface area contributed by atoms with Gasteiger partial charge in [-0.05, 0) is 56.0 Å². The number of nitrogens with one attached hydrogen (secondary N) is 2. The minimum absolute atomic E-state index is 0. The van der Waals surface area contributed by atoms with Crippen molar-refractivity contribution in [2.24, 2.45) is 0 Å². The number of likely N-dealkylation sites (N-methyl/N-ethyl adjacent to an activating group) is 1. The highest BCUT2D eigenvalue weighted by atomic mass is 35.5. The third-order valence-electron chi connectivity index (χ3n) is 4.18. The number of rotatable bonds is 8. The van der Waals surface area contributed by atoms with Crippen LogP contribution in [0.2, 0.25) is 0 Å². The van der Waals surface area contributed by atoms with Crippen molar-refractivity contribution in [3.05, 3.63) is 29.3 Å². The molecule has 24 heavy (non-hydrogen) atoms. The van der Waals surface area contributed by atoms with Crippen LogP contribution in [0.3, 0.4) is 0 Å². The number of benzene rings is 1. The van der Waals surface area contributed by atoms with Crippen LogP contribution in [0.4, 0.5) is 0 Å². The standard InChI is InChI=1S/C17H26N2O3S.ClH/c1-3-18-13(2)12-19-17(20)9-10-23(21,22)16-8-7-14-5-4-6-15(14)11-16;/h7-8,11,13,18H,3-6,9-10,12H2,1-2H3,(H,19,20);1H/t13-;/m1./s1. The van der Waals surface area contributed by atoms with E-state index in [2.05, 4.69) is 10.6 Å². The van der Waals surface area contributed by atoms with Crippen molar-refractivity contribution in [3.8, 4) is 0 Å². The molecular formula is C17H27ClN2O3S. The number of amides is 1. The predicted molar refractivity (Wildman–Crippen MR) is 98.5 cm³/mol. The van der Waals surface area contributed by atoms with Crippen molar-refractivity contribution >= 4 is 28.2 Å². The molecule has 0 aliphatic heterocycles. The monoisotopic (exact) mass is 374 g/mol. The predicted octanol–water partition coefficient (Wildman–Crippen LogP) is 1.88. The van der Waals surface area contributed by atoms with Gasteiger partial charge in [-0.15, -0.1) is 12.4 Å². The Morgan fingerprint density at radius 3 is 2.67 bits per heavy atom. The van der Waals surface area contributed by atoms with Gasteiger partial charge >= 0.3 is 0 Å². The quantitative estimate of drug-likeness (QED) is 0.728. The molecule has 1 aromatic rings. The molecule has 1 atom stereocenters. The van der Waals surface area contributed by atoms with Gasteiger partial charge in [-0.3, -0.25) is 4.79 Å². The fraction of sp³-hybridized carbons (Fsp3) is 0.588. The van der Waals surface area contributed by atoms with Gasteiger partial charge in [-0.1, -0.05) is 13.0 Å². The van der Waals surface area contributed by atoms with E-state index in [1.807, 2.05) is 19.9 Å². The van der Waals surface area contributed by atoms with Gasteiger partial charge in [0.15, 0.2) is 9.84 Å². The maximum atomic E-state index is 12.4. The third-order valence-corrected chi connectivity index (χ3v) is 5.90. The van der Waals surface area contributed by atoms with E-state index in [1.165, 1.54) is 5.56 Å². The Morgan fingerprint density at radius 2 is 1.96 bits per heavy atom. The van der Waals surface area contributed by atoms with Gasteiger partial charge in [0.1, 0.15) is 0 Å². The van der Waals surface area contributed by atoms with Crippen molar-refractivity contribution in [3.63, 3.8) is 0 Å². The lowest BCUT2D eigenvalue weighted by molar-refractivity contribution is -0.120. The van der Waals surface area contributed by atoms with E-state index in [0.717, 1.165) is 31.4 Å². The SMILES string of the molecule is CCN[C@H](C)CNC(=O)CCS(=O)(=O)c1ccc2c(c1)CCC2.Cl. The van der Waals surface area contributed by atoms with Crippen molar-refractivity contribution in [1.82, 2.24) is 10.6 Å². The van der Waals surface area contributed by atoms with Gasteiger partial charge in [-0.2, -0.15) is 0 Å². The van der Waals surface area contributed by atoms with E-state index >= 15 is 0 Å². The van der Waals surface area contributed by atoms with Gasteiger partial charge < -0.3 is 10.6 Å². The summed E-state index contributed by atoms with van der Waals surface area (Å²) in [5.41, 5.74) is 2.38. The zero-order valence-corrected chi connectivity index (χ0v) is 15.9. The molecule has 2 N–H and O–H groups in total. The Bertz CT molecular complexity index is 662. The van der Waals surface area contributed by atoms with E-state index in [-0.39, 0.29) is 36.5 Å². The Kier molecular flexibility index (Phi) is 8.19. The lowest BCUT2D eigenvalue weighted by atomic mass is 10.1. The van der Waals surface area contributed by atoms with Gasteiger partial charge in [0.2, 0.25) is 5.91 Å². The topological polar surface area (TPSA) is 75.3 Å². The molecule has 136 valence electrons. The second kappa shape index (κ2) is 9.39. The second-order valence-electron chi connectivity index (χ2n) is 6.12. The molecule has 1 aliphatic carbocycles. The van der Waals surface area contributed by atoms with E-state index in [1.54, 1.807) is 12.1 Å². The first-order valence-corrected chi connectivity index (χ1v) is 9.92. The van der Waals surface area contributed by atoms with Crippen LogP contribution in [0.5, 0.6) is 0 Å². The van der Waals surface area contributed by atoms with Crippen molar-refractivity contribution in [2.45, 2.75) is 50.5 Å². The van der Waals surface area contributed by atoms with Crippen LogP contribution in [0.25, 0.3) is 0 Å². The van der Waals surface area contributed by atoms with Crippen LogP contribution in [0, 0.1) is 0 Å². The smallest absolute Gasteiger partial charge is 0.221 e.